The highest BCUT2D eigenvalue weighted by Crippen LogP contribution is 2.24. The fourth-order valence-corrected chi connectivity index (χ4v) is 2.63. The van der Waals surface area contributed by atoms with Crippen LogP contribution in [0.2, 0.25) is 0 Å². The van der Waals surface area contributed by atoms with Crippen LogP contribution >= 0.6 is 27.3 Å². The highest BCUT2D eigenvalue weighted by Gasteiger charge is 2.09. The average molecular weight is 333 g/mol. The van der Waals surface area contributed by atoms with Crippen LogP contribution in [0.1, 0.15) is 15.6 Å². The highest BCUT2D eigenvalue weighted by atomic mass is 79.9. The van der Waals surface area contributed by atoms with E-state index in [4.69, 9.17) is 0 Å². The third kappa shape index (κ3) is 2.87. The van der Waals surface area contributed by atoms with Crippen LogP contribution in [-0.2, 0) is 6.54 Å². The minimum absolute atomic E-state index is 0.117. The smallest absolute Gasteiger partial charge is 0.147 e. The van der Waals surface area contributed by atoms with E-state index in [9.17, 15) is 8.78 Å². The van der Waals surface area contributed by atoms with Crippen LogP contribution in [0.3, 0.4) is 0 Å². The number of hydrogen-bond acceptors (Lipinski definition) is 3. The van der Waals surface area contributed by atoms with Gasteiger partial charge in [-0.2, -0.15) is 0 Å². The Kier molecular flexibility index (Phi) is 3.97. The Hall–Kier alpha value is -1.01. The van der Waals surface area contributed by atoms with Gasteiger partial charge in [-0.15, -0.1) is 11.3 Å². The monoisotopic (exact) mass is 332 g/mol. The Morgan fingerprint density at radius 3 is 2.61 bits per heavy atom. The molecule has 2 nitrogen and oxygen atoms in total. The molecule has 0 atom stereocenters. The van der Waals surface area contributed by atoms with Crippen LogP contribution in [0.25, 0.3) is 0 Å². The van der Waals surface area contributed by atoms with Gasteiger partial charge in [0.2, 0.25) is 0 Å². The lowest BCUT2D eigenvalue weighted by Gasteiger charge is -2.06. The molecule has 0 fully saturated rings. The summed E-state index contributed by atoms with van der Waals surface area (Å²) in [6.07, 6.45) is 0. The third-order valence-corrected chi connectivity index (χ3v) is 4.19. The van der Waals surface area contributed by atoms with Gasteiger partial charge in [0.25, 0.3) is 0 Å². The van der Waals surface area contributed by atoms with Gasteiger partial charge in [-0.1, -0.05) is 0 Å². The molecule has 0 aliphatic rings. The summed E-state index contributed by atoms with van der Waals surface area (Å²) in [5, 5.41) is 3.70. The van der Waals surface area contributed by atoms with Gasteiger partial charge in [-0.05, 0) is 35.8 Å². The van der Waals surface area contributed by atoms with Crippen molar-refractivity contribution in [2.24, 2.45) is 0 Å². The summed E-state index contributed by atoms with van der Waals surface area (Å²) in [4.78, 5) is 5.46. The van der Waals surface area contributed by atoms with E-state index in [-0.39, 0.29) is 10.2 Å². The van der Waals surface area contributed by atoms with Crippen molar-refractivity contribution in [2.45, 2.75) is 20.4 Å². The second-order valence-electron chi connectivity index (χ2n) is 3.85. The molecule has 0 bridgehead atoms. The van der Waals surface area contributed by atoms with E-state index in [0.29, 0.717) is 6.54 Å². The number of benzene rings is 1. The predicted octanol–water partition coefficient (Wildman–Crippen LogP) is 4.41. The van der Waals surface area contributed by atoms with Crippen LogP contribution in [0.15, 0.2) is 16.6 Å². The molecule has 1 N–H and O–H groups in total. The maximum atomic E-state index is 13.5. The van der Waals surface area contributed by atoms with E-state index in [0.717, 1.165) is 27.7 Å². The molecule has 0 aliphatic carbocycles. The van der Waals surface area contributed by atoms with Gasteiger partial charge in [0.15, 0.2) is 0 Å². The molecule has 0 saturated heterocycles. The van der Waals surface area contributed by atoms with Gasteiger partial charge in [-0.25, -0.2) is 13.8 Å². The largest absolute Gasteiger partial charge is 0.376 e. The lowest BCUT2D eigenvalue weighted by atomic mass is 10.3. The number of nitrogens with zero attached hydrogens (tertiary/aromatic N) is 1. The van der Waals surface area contributed by atoms with Crippen molar-refractivity contribution in [3.8, 4) is 0 Å². The Balaban J connectivity index is 2.13. The Labute approximate surface area is 116 Å². The number of rotatable bonds is 3. The number of thiazole rings is 1. The van der Waals surface area contributed by atoms with E-state index in [1.807, 2.05) is 13.8 Å². The van der Waals surface area contributed by atoms with Crippen molar-refractivity contribution in [2.75, 3.05) is 5.32 Å². The molecule has 0 amide bonds. The first-order valence-electron chi connectivity index (χ1n) is 5.28. The number of anilines is 1. The molecule has 0 saturated carbocycles. The maximum Gasteiger partial charge on any atom is 0.147 e. The zero-order valence-corrected chi connectivity index (χ0v) is 12.3. The Morgan fingerprint density at radius 1 is 1.28 bits per heavy atom. The van der Waals surface area contributed by atoms with E-state index in [1.165, 1.54) is 0 Å². The van der Waals surface area contributed by atoms with Gasteiger partial charge in [0, 0.05) is 10.9 Å². The van der Waals surface area contributed by atoms with Crippen molar-refractivity contribution < 1.29 is 8.78 Å². The molecule has 6 heteroatoms. The zero-order valence-electron chi connectivity index (χ0n) is 9.85. The molecule has 0 unspecified atom stereocenters. The number of halogens is 3. The van der Waals surface area contributed by atoms with Crippen molar-refractivity contribution in [1.82, 2.24) is 4.98 Å². The fourth-order valence-electron chi connectivity index (χ4n) is 1.44. The van der Waals surface area contributed by atoms with Crippen molar-refractivity contribution >= 4 is 33.0 Å². The zero-order chi connectivity index (χ0) is 13.3. The van der Waals surface area contributed by atoms with E-state index >= 15 is 0 Å². The first-order valence-corrected chi connectivity index (χ1v) is 6.89. The van der Waals surface area contributed by atoms with Crippen LogP contribution in [0.4, 0.5) is 14.5 Å². The molecule has 0 aliphatic heterocycles. The van der Waals surface area contributed by atoms with Crippen LogP contribution in [-0.4, -0.2) is 4.98 Å². The first-order chi connectivity index (χ1) is 8.47. The summed E-state index contributed by atoms with van der Waals surface area (Å²) < 4.78 is 26.9. The number of hydrogen-bond donors (Lipinski definition) is 1. The maximum absolute atomic E-state index is 13.5. The minimum atomic E-state index is -0.495. The molecule has 2 rings (SSSR count). The number of aryl methyl sites for hydroxylation is 2. The van der Waals surface area contributed by atoms with E-state index in [1.54, 1.807) is 11.3 Å². The topological polar surface area (TPSA) is 24.9 Å². The van der Waals surface area contributed by atoms with E-state index < -0.39 is 11.6 Å². The van der Waals surface area contributed by atoms with Gasteiger partial charge >= 0.3 is 0 Å². The summed E-state index contributed by atoms with van der Waals surface area (Å²) in [6.45, 7) is 4.29. The highest BCUT2D eigenvalue weighted by molar-refractivity contribution is 9.10. The predicted molar refractivity (Wildman–Crippen MR) is 73.0 cm³/mol. The summed E-state index contributed by atoms with van der Waals surface area (Å²) >= 11 is 4.48. The quantitative estimate of drug-likeness (QED) is 0.842. The fraction of sp³-hybridized carbons (Fsp3) is 0.250. The standard InChI is InChI=1S/C12H11BrF2N2S/c1-6-7(2)18-12(17-6)5-16-11-4-9(14)8(13)3-10(11)15/h3-4,16H,5H2,1-2H3. The molecular weight excluding hydrogens is 322 g/mol. The van der Waals surface area contributed by atoms with Crippen LogP contribution in [0, 0.1) is 25.5 Å². The Bertz CT molecular complexity index is 564. The van der Waals surface area contributed by atoms with Gasteiger partial charge < -0.3 is 5.32 Å². The molecule has 0 spiro atoms. The molecule has 1 aromatic heterocycles. The molecule has 2 aromatic rings. The average Bonchev–Trinajstić information content (AvgIpc) is 2.62. The van der Waals surface area contributed by atoms with Crippen molar-refractivity contribution in [3.05, 3.63) is 43.8 Å². The number of nitrogens with one attached hydrogen (secondary N) is 1. The molecular formula is C12H11BrF2N2S. The summed E-state index contributed by atoms with van der Waals surface area (Å²) in [7, 11) is 0. The first kappa shape index (κ1) is 13.4. The second-order valence-corrected chi connectivity index (χ2v) is 5.99. The lowest BCUT2D eigenvalue weighted by Crippen LogP contribution is -2.02. The SMILES string of the molecule is Cc1nc(CNc2cc(F)c(Br)cc2F)sc1C. The number of aromatic nitrogens is 1. The lowest BCUT2D eigenvalue weighted by molar-refractivity contribution is 0.596. The molecule has 18 heavy (non-hydrogen) atoms. The third-order valence-electron chi connectivity index (χ3n) is 2.51. The van der Waals surface area contributed by atoms with Crippen LogP contribution in [0.5, 0.6) is 0 Å². The summed E-state index contributed by atoms with van der Waals surface area (Å²) in [6, 6.07) is 2.24. The van der Waals surface area contributed by atoms with Crippen LogP contribution < -0.4 is 5.32 Å². The van der Waals surface area contributed by atoms with Crippen molar-refractivity contribution in [3.63, 3.8) is 0 Å². The van der Waals surface area contributed by atoms with Gasteiger partial charge in [-0.3, -0.25) is 0 Å². The normalized spacial score (nSPS) is 10.7. The molecule has 0 radical (unpaired) electrons. The molecule has 1 aromatic carbocycles. The molecule has 1 heterocycles. The van der Waals surface area contributed by atoms with Gasteiger partial charge in [0.1, 0.15) is 16.6 Å². The van der Waals surface area contributed by atoms with E-state index in [2.05, 4.69) is 26.2 Å². The Morgan fingerprint density at radius 2 is 2.00 bits per heavy atom. The second kappa shape index (κ2) is 5.32. The summed E-state index contributed by atoms with van der Waals surface area (Å²) in [5.41, 5.74) is 1.11. The van der Waals surface area contributed by atoms with Crippen molar-refractivity contribution in [1.29, 1.82) is 0 Å². The van der Waals surface area contributed by atoms with Gasteiger partial charge in [0.05, 0.1) is 22.4 Å². The molecule has 96 valence electrons. The minimum Gasteiger partial charge on any atom is -0.376 e. The summed E-state index contributed by atoms with van der Waals surface area (Å²) in [5.74, 6) is -0.987.